The molecule has 0 aromatic heterocycles. The van der Waals surface area contributed by atoms with Gasteiger partial charge in [-0.05, 0) is 23.5 Å². The van der Waals surface area contributed by atoms with Gasteiger partial charge in [-0.25, -0.2) is 0 Å². The van der Waals surface area contributed by atoms with E-state index < -0.39 is 22.3 Å². The predicted octanol–water partition coefficient (Wildman–Crippen LogP) is 0.164. The molecule has 2 saturated heterocycles. The van der Waals surface area contributed by atoms with Crippen LogP contribution in [0.5, 0.6) is 0 Å². The highest BCUT2D eigenvalue weighted by atomic mass is 32.2. The molecule has 14 heavy (non-hydrogen) atoms. The van der Waals surface area contributed by atoms with Crippen molar-refractivity contribution in [3.63, 3.8) is 0 Å². The first-order valence-corrected chi connectivity index (χ1v) is 5.02. The normalized spacial score (nSPS) is 26.9. The zero-order chi connectivity index (χ0) is 10.3. The molecular formula is C6H2N2O4S2. The van der Waals surface area contributed by atoms with Crippen molar-refractivity contribution in [1.82, 2.24) is 10.6 Å². The second kappa shape index (κ2) is 3.14. The molecule has 0 aliphatic carbocycles. The summed E-state index contributed by atoms with van der Waals surface area (Å²) >= 11 is 1.25. The molecule has 2 rings (SSSR count). The second-order valence-corrected chi connectivity index (χ2v) is 4.31. The molecule has 0 atom stereocenters. The number of hydrogen-bond donors (Lipinski definition) is 2. The number of hydrogen-bond acceptors (Lipinski definition) is 6. The highest BCUT2D eigenvalue weighted by molar-refractivity contribution is 8.22. The standard InChI is InChI=1S/C6H2N2O4S2/c9-3-1(13-5(11)7-3)2-4(10)8-6(12)14-2/h(H,7,9,11)(H,8,10,12)/b2-1-. The third kappa shape index (κ3) is 1.42. The van der Waals surface area contributed by atoms with Gasteiger partial charge in [-0.2, -0.15) is 0 Å². The summed E-state index contributed by atoms with van der Waals surface area (Å²) < 4.78 is 0. The monoisotopic (exact) mass is 230 g/mol. The Labute approximate surface area is 85.9 Å². The van der Waals surface area contributed by atoms with Crippen LogP contribution in [0.25, 0.3) is 0 Å². The zero-order valence-electron chi connectivity index (χ0n) is 6.45. The van der Waals surface area contributed by atoms with Crippen LogP contribution in [-0.2, 0) is 9.59 Å². The lowest BCUT2D eigenvalue weighted by Crippen LogP contribution is -2.21. The Morgan fingerprint density at radius 1 is 0.714 bits per heavy atom. The van der Waals surface area contributed by atoms with Crippen molar-refractivity contribution in [2.24, 2.45) is 0 Å². The summed E-state index contributed by atoms with van der Waals surface area (Å²) in [4.78, 5) is 43.8. The third-order valence-corrected chi connectivity index (χ3v) is 3.33. The van der Waals surface area contributed by atoms with Crippen molar-refractivity contribution < 1.29 is 19.2 Å². The van der Waals surface area contributed by atoms with Gasteiger partial charge in [0.25, 0.3) is 22.3 Å². The number of carbonyl (C=O) groups is 4. The largest absolute Gasteiger partial charge is 0.290 e. The van der Waals surface area contributed by atoms with Crippen LogP contribution in [0, 0.1) is 0 Å². The van der Waals surface area contributed by atoms with Crippen LogP contribution in [0.2, 0.25) is 0 Å². The van der Waals surface area contributed by atoms with Gasteiger partial charge in [-0.1, -0.05) is 0 Å². The predicted molar refractivity (Wildman–Crippen MR) is 49.3 cm³/mol. The molecule has 0 aromatic carbocycles. The molecule has 2 N–H and O–H groups in total. The first kappa shape index (κ1) is 9.28. The van der Waals surface area contributed by atoms with Gasteiger partial charge < -0.3 is 0 Å². The molecule has 0 radical (unpaired) electrons. The molecule has 2 aliphatic heterocycles. The molecule has 0 spiro atoms. The summed E-state index contributed by atoms with van der Waals surface area (Å²) in [5.41, 5.74) is 0. The maximum Gasteiger partial charge on any atom is 0.290 e. The fourth-order valence-corrected chi connectivity index (χ4v) is 2.49. The Kier molecular flexibility index (Phi) is 2.08. The second-order valence-electron chi connectivity index (χ2n) is 2.35. The van der Waals surface area contributed by atoms with Crippen LogP contribution < -0.4 is 10.6 Å². The number of imide groups is 2. The van der Waals surface area contributed by atoms with Crippen LogP contribution >= 0.6 is 23.5 Å². The van der Waals surface area contributed by atoms with E-state index in [2.05, 4.69) is 0 Å². The molecule has 0 aromatic rings. The maximum absolute atomic E-state index is 11.1. The number of thioether (sulfide) groups is 2. The van der Waals surface area contributed by atoms with Gasteiger partial charge in [0.1, 0.15) is 9.81 Å². The highest BCUT2D eigenvalue weighted by Gasteiger charge is 2.36. The van der Waals surface area contributed by atoms with E-state index >= 15 is 0 Å². The van der Waals surface area contributed by atoms with Gasteiger partial charge >= 0.3 is 0 Å². The number of nitrogens with one attached hydrogen (secondary N) is 2. The molecule has 4 amide bonds. The third-order valence-electron chi connectivity index (χ3n) is 1.44. The SMILES string of the molecule is O=C1NC(=O)/C(=C2/SC(=O)NC2=O)S1. The molecule has 2 aliphatic rings. The van der Waals surface area contributed by atoms with E-state index in [9.17, 15) is 19.2 Å². The van der Waals surface area contributed by atoms with Crippen molar-refractivity contribution in [1.29, 1.82) is 0 Å². The molecule has 0 unspecified atom stereocenters. The first-order chi connectivity index (χ1) is 6.58. The summed E-state index contributed by atoms with van der Waals surface area (Å²) in [6.45, 7) is 0. The lowest BCUT2D eigenvalue weighted by atomic mass is 10.4. The summed E-state index contributed by atoms with van der Waals surface area (Å²) in [5.74, 6) is -1.26. The minimum absolute atomic E-state index is 0.0108. The van der Waals surface area contributed by atoms with E-state index in [0.717, 1.165) is 0 Å². The Hall–Kier alpha value is -1.28. The van der Waals surface area contributed by atoms with Crippen molar-refractivity contribution in [2.45, 2.75) is 0 Å². The van der Waals surface area contributed by atoms with Crippen molar-refractivity contribution in [3.05, 3.63) is 9.81 Å². The van der Waals surface area contributed by atoms with E-state index in [0.29, 0.717) is 23.5 Å². The van der Waals surface area contributed by atoms with E-state index in [1.807, 2.05) is 10.6 Å². The lowest BCUT2D eigenvalue weighted by Gasteiger charge is -1.92. The maximum atomic E-state index is 11.1. The van der Waals surface area contributed by atoms with Crippen LogP contribution in [-0.4, -0.2) is 22.3 Å². The van der Waals surface area contributed by atoms with Gasteiger partial charge in [0, 0.05) is 0 Å². The van der Waals surface area contributed by atoms with Crippen LogP contribution in [0.3, 0.4) is 0 Å². The van der Waals surface area contributed by atoms with Gasteiger partial charge in [0.05, 0.1) is 0 Å². The summed E-state index contributed by atoms with van der Waals surface area (Å²) in [6.07, 6.45) is 0. The summed E-state index contributed by atoms with van der Waals surface area (Å²) in [6, 6.07) is 0. The quantitative estimate of drug-likeness (QED) is 0.576. The molecule has 8 heteroatoms. The number of amides is 4. The average Bonchev–Trinajstić information content (AvgIpc) is 2.55. The fraction of sp³-hybridized carbons (Fsp3) is 0. The molecule has 6 nitrogen and oxygen atoms in total. The van der Waals surface area contributed by atoms with Crippen LogP contribution in [0.1, 0.15) is 0 Å². The molecule has 0 saturated carbocycles. The Bertz CT molecular complexity index is 376. The minimum atomic E-state index is -0.632. The van der Waals surface area contributed by atoms with Crippen molar-refractivity contribution in [2.75, 3.05) is 0 Å². The van der Waals surface area contributed by atoms with Crippen LogP contribution in [0.15, 0.2) is 9.81 Å². The van der Waals surface area contributed by atoms with Gasteiger partial charge in [-0.3, -0.25) is 29.8 Å². The van der Waals surface area contributed by atoms with Crippen LogP contribution in [0.4, 0.5) is 9.59 Å². The molecule has 72 valence electrons. The number of carbonyl (C=O) groups excluding carboxylic acids is 4. The zero-order valence-corrected chi connectivity index (χ0v) is 8.08. The Balaban J connectivity index is 2.41. The molecule has 2 fully saturated rings. The smallest absolute Gasteiger partial charge is 0.282 e. The Morgan fingerprint density at radius 3 is 1.29 bits per heavy atom. The minimum Gasteiger partial charge on any atom is -0.282 e. The summed E-state index contributed by atoms with van der Waals surface area (Å²) in [7, 11) is 0. The van der Waals surface area contributed by atoms with Crippen molar-refractivity contribution >= 4 is 45.8 Å². The molecular weight excluding hydrogens is 228 g/mol. The van der Waals surface area contributed by atoms with Crippen molar-refractivity contribution in [3.8, 4) is 0 Å². The number of rotatable bonds is 0. The van der Waals surface area contributed by atoms with Gasteiger partial charge in [0.2, 0.25) is 0 Å². The van der Waals surface area contributed by atoms with E-state index in [-0.39, 0.29) is 9.81 Å². The van der Waals surface area contributed by atoms with Gasteiger partial charge in [-0.15, -0.1) is 0 Å². The fourth-order valence-electron chi connectivity index (χ4n) is 0.927. The lowest BCUT2D eigenvalue weighted by molar-refractivity contribution is -0.117. The Morgan fingerprint density at radius 2 is 1.07 bits per heavy atom. The molecule has 0 bridgehead atoms. The van der Waals surface area contributed by atoms with E-state index in [4.69, 9.17) is 0 Å². The van der Waals surface area contributed by atoms with Gasteiger partial charge in [0.15, 0.2) is 0 Å². The van der Waals surface area contributed by atoms with E-state index in [1.165, 1.54) is 0 Å². The van der Waals surface area contributed by atoms with E-state index in [1.54, 1.807) is 0 Å². The highest BCUT2D eigenvalue weighted by Crippen LogP contribution is 2.35. The molecule has 2 heterocycles. The topological polar surface area (TPSA) is 92.3 Å². The average molecular weight is 230 g/mol. The summed E-state index contributed by atoms with van der Waals surface area (Å²) in [5, 5.41) is 2.93. The first-order valence-electron chi connectivity index (χ1n) is 3.38.